The third-order valence-corrected chi connectivity index (χ3v) is 4.48. The summed E-state index contributed by atoms with van der Waals surface area (Å²) in [4.78, 5) is 22.8. The molecule has 2 aromatic heterocycles. The molecule has 0 amide bonds. The summed E-state index contributed by atoms with van der Waals surface area (Å²) < 4.78 is 15.6. The van der Waals surface area contributed by atoms with Gasteiger partial charge < -0.3 is 23.5 Å². The average Bonchev–Trinajstić information content (AvgIpc) is 3.36. The summed E-state index contributed by atoms with van der Waals surface area (Å²) in [6.45, 7) is 1.85. The second kappa shape index (κ2) is 8.57. The van der Waals surface area contributed by atoms with Crippen LogP contribution in [0.15, 0.2) is 55.4 Å². The predicted molar refractivity (Wildman–Crippen MR) is 98.0 cm³/mol. The first kappa shape index (κ1) is 19.4. The number of carboxylic acids is 1. The Morgan fingerprint density at radius 3 is 2.50 bits per heavy atom. The van der Waals surface area contributed by atoms with Crippen LogP contribution < -0.4 is 5.11 Å². The fraction of sp³-hybridized carbons (Fsp3) is 0.158. The number of hydrogen-bond acceptors (Lipinski definition) is 9. The van der Waals surface area contributed by atoms with E-state index in [2.05, 4.69) is 14.9 Å². The molecule has 0 unspecified atom stereocenters. The molecule has 0 N–H and O–H groups in total. The number of nitrogens with zero attached hydrogens (tertiary/aromatic N) is 2. The van der Waals surface area contributed by atoms with Gasteiger partial charge >= 0.3 is 5.97 Å². The number of carboxylic acid groups (broad SMARTS) is 1. The minimum absolute atomic E-state index is 0.109. The number of esters is 1. The van der Waals surface area contributed by atoms with Gasteiger partial charge in [0.1, 0.15) is 11.5 Å². The first-order valence-corrected chi connectivity index (χ1v) is 9.03. The van der Waals surface area contributed by atoms with E-state index in [0.29, 0.717) is 29.4 Å². The highest BCUT2D eigenvalue weighted by Crippen LogP contribution is 2.29. The van der Waals surface area contributed by atoms with Crippen molar-refractivity contribution < 1.29 is 28.3 Å². The van der Waals surface area contributed by atoms with E-state index in [1.165, 1.54) is 13.2 Å². The van der Waals surface area contributed by atoms with Crippen LogP contribution in [0.25, 0.3) is 17.4 Å². The number of ether oxygens (including phenoxy) is 1. The fourth-order valence-electron chi connectivity index (χ4n) is 2.25. The van der Waals surface area contributed by atoms with Gasteiger partial charge in [0.25, 0.3) is 5.22 Å². The average molecular weight is 399 g/mol. The molecule has 0 aliphatic carbocycles. The van der Waals surface area contributed by atoms with Crippen molar-refractivity contribution in [3.63, 3.8) is 0 Å². The molecule has 0 aliphatic heterocycles. The molecule has 3 aromatic rings. The number of methoxy groups -OCH3 is 1. The van der Waals surface area contributed by atoms with Crippen LogP contribution in [0.5, 0.6) is 0 Å². The SMILES string of the molecule is CCc1nnc(S/C(=C/c2ccc(-c3ccc(C(=O)OC)cc3)o2)C(=O)[O-])o1. The van der Waals surface area contributed by atoms with Crippen LogP contribution in [-0.2, 0) is 16.0 Å². The molecule has 0 bridgehead atoms. The van der Waals surface area contributed by atoms with E-state index in [-0.39, 0.29) is 10.1 Å². The number of aromatic nitrogens is 2. The third kappa shape index (κ3) is 4.49. The normalized spacial score (nSPS) is 11.4. The number of thioether (sulfide) groups is 1. The van der Waals surface area contributed by atoms with Crippen LogP contribution in [0.1, 0.15) is 28.9 Å². The Hall–Kier alpha value is -3.33. The van der Waals surface area contributed by atoms with Crippen LogP contribution in [0.4, 0.5) is 0 Å². The molecule has 144 valence electrons. The zero-order valence-electron chi connectivity index (χ0n) is 15.0. The van der Waals surface area contributed by atoms with Gasteiger partial charge in [-0.15, -0.1) is 10.2 Å². The van der Waals surface area contributed by atoms with Gasteiger partial charge in [-0.1, -0.05) is 19.1 Å². The van der Waals surface area contributed by atoms with Gasteiger partial charge in [-0.2, -0.15) is 0 Å². The Balaban J connectivity index is 1.80. The minimum Gasteiger partial charge on any atom is -0.544 e. The molecule has 0 spiro atoms. The first-order valence-electron chi connectivity index (χ1n) is 8.22. The van der Waals surface area contributed by atoms with Crippen molar-refractivity contribution in [1.29, 1.82) is 0 Å². The molecule has 0 radical (unpaired) electrons. The van der Waals surface area contributed by atoms with Crippen molar-refractivity contribution in [2.45, 2.75) is 18.6 Å². The van der Waals surface area contributed by atoms with Gasteiger partial charge in [0, 0.05) is 16.9 Å². The van der Waals surface area contributed by atoms with E-state index in [1.807, 2.05) is 6.92 Å². The number of aryl methyl sites for hydroxylation is 1. The van der Waals surface area contributed by atoms with Crippen LogP contribution in [0.3, 0.4) is 0 Å². The van der Waals surface area contributed by atoms with Crippen LogP contribution in [0, 0.1) is 0 Å². The van der Waals surface area contributed by atoms with E-state index in [9.17, 15) is 14.7 Å². The number of carbonyl (C=O) groups is 2. The molecule has 0 aliphatic rings. The molecule has 2 heterocycles. The number of hydrogen-bond donors (Lipinski definition) is 0. The minimum atomic E-state index is -1.39. The first-order chi connectivity index (χ1) is 13.5. The second-order valence-electron chi connectivity index (χ2n) is 5.48. The highest BCUT2D eigenvalue weighted by molar-refractivity contribution is 8.03. The number of aliphatic carboxylic acids is 1. The van der Waals surface area contributed by atoms with Gasteiger partial charge in [-0.3, -0.25) is 0 Å². The highest BCUT2D eigenvalue weighted by Gasteiger charge is 2.12. The largest absolute Gasteiger partial charge is 0.544 e. The van der Waals surface area contributed by atoms with E-state index in [4.69, 9.17) is 8.83 Å². The highest BCUT2D eigenvalue weighted by atomic mass is 32.2. The molecule has 9 heteroatoms. The standard InChI is InChI=1S/C19H16N2O6S/c1-3-16-20-21-19(27-16)28-15(17(22)23)10-13-8-9-14(26-13)11-4-6-12(7-5-11)18(24)25-2/h4-10H,3H2,1-2H3,(H,22,23)/p-1/b15-10+. The van der Waals surface area contributed by atoms with E-state index in [0.717, 1.165) is 17.3 Å². The smallest absolute Gasteiger partial charge is 0.337 e. The summed E-state index contributed by atoms with van der Waals surface area (Å²) >= 11 is 0.788. The van der Waals surface area contributed by atoms with Crippen molar-refractivity contribution in [3.05, 3.63) is 58.5 Å². The Labute approximate surface area is 164 Å². The van der Waals surface area contributed by atoms with Gasteiger partial charge in [-0.25, -0.2) is 4.79 Å². The summed E-state index contributed by atoms with van der Waals surface area (Å²) in [6, 6.07) is 9.96. The molecule has 0 saturated heterocycles. The summed E-state index contributed by atoms with van der Waals surface area (Å²) in [5.41, 5.74) is 1.14. The van der Waals surface area contributed by atoms with Crippen LogP contribution >= 0.6 is 11.8 Å². The quantitative estimate of drug-likeness (QED) is 0.335. The summed E-state index contributed by atoms with van der Waals surface area (Å²) in [7, 11) is 1.31. The number of furan rings is 1. The van der Waals surface area contributed by atoms with Crippen molar-refractivity contribution in [3.8, 4) is 11.3 Å². The van der Waals surface area contributed by atoms with Crippen molar-refractivity contribution >= 4 is 29.8 Å². The molecule has 0 fully saturated rings. The lowest BCUT2D eigenvalue weighted by Gasteiger charge is -2.04. The topological polar surface area (TPSA) is 118 Å². The maximum Gasteiger partial charge on any atom is 0.337 e. The monoisotopic (exact) mass is 399 g/mol. The maximum absolute atomic E-state index is 11.5. The molecule has 28 heavy (non-hydrogen) atoms. The van der Waals surface area contributed by atoms with E-state index >= 15 is 0 Å². The number of benzene rings is 1. The predicted octanol–water partition coefficient (Wildman–Crippen LogP) is 2.56. The molecule has 3 rings (SSSR count). The summed E-state index contributed by atoms with van der Waals surface area (Å²) in [6.07, 6.45) is 1.87. The van der Waals surface area contributed by atoms with Gasteiger partial charge in [0.15, 0.2) is 0 Å². The molecular weight excluding hydrogens is 384 g/mol. The molecule has 1 aromatic carbocycles. The van der Waals surface area contributed by atoms with Crippen LogP contribution in [-0.4, -0.2) is 29.2 Å². The lowest BCUT2D eigenvalue weighted by atomic mass is 10.1. The van der Waals surface area contributed by atoms with E-state index in [1.54, 1.807) is 36.4 Å². The molecule has 0 saturated carbocycles. The third-order valence-electron chi connectivity index (χ3n) is 3.64. The molecule has 0 atom stereocenters. The lowest BCUT2D eigenvalue weighted by Crippen LogP contribution is -2.22. The Morgan fingerprint density at radius 1 is 1.14 bits per heavy atom. The lowest BCUT2D eigenvalue weighted by molar-refractivity contribution is -0.298. The summed E-state index contributed by atoms with van der Waals surface area (Å²) in [5, 5.41) is 19.1. The molecular formula is C19H15N2O6S-. The van der Waals surface area contributed by atoms with Crippen molar-refractivity contribution in [2.24, 2.45) is 0 Å². The Bertz CT molecular complexity index is 1020. The van der Waals surface area contributed by atoms with Crippen molar-refractivity contribution in [2.75, 3.05) is 7.11 Å². The van der Waals surface area contributed by atoms with Crippen LogP contribution in [0.2, 0.25) is 0 Å². The molecule has 8 nitrogen and oxygen atoms in total. The van der Waals surface area contributed by atoms with Gasteiger partial charge in [0.05, 0.1) is 18.6 Å². The Kier molecular flexibility index (Phi) is 5.95. The maximum atomic E-state index is 11.5. The number of rotatable bonds is 7. The Morgan fingerprint density at radius 2 is 1.89 bits per heavy atom. The number of carbonyl (C=O) groups excluding carboxylic acids is 2. The van der Waals surface area contributed by atoms with Gasteiger partial charge in [-0.05, 0) is 42.1 Å². The summed E-state index contributed by atoms with van der Waals surface area (Å²) in [5.74, 6) is -0.583. The van der Waals surface area contributed by atoms with Gasteiger partial charge in [0.2, 0.25) is 5.89 Å². The zero-order chi connectivity index (χ0) is 20.1. The fourth-order valence-corrected chi connectivity index (χ4v) is 2.92. The zero-order valence-corrected chi connectivity index (χ0v) is 15.8. The van der Waals surface area contributed by atoms with E-state index < -0.39 is 11.9 Å². The van der Waals surface area contributed by atoms with Crippen molar-refractivity contribution in [1.82, 2.24) is 10.2 Å². The second-order valence-corrected chi connectivity index (χ2v) is 6.48.